The van der Waals surface area contributed by atoms with Gasteiger partial charge in [-0.25, -0.2) is 0 Å². The molecule has 0 saturated heterocycles. The van der Waals surface area contributed by atoms with E-state index in [1.807, 2.05) is 0 Å². The van der Waals surface area contributed by atoms with Crippen molar-refractivity contribution in [1.82, 2.24) is 5.32 Å². The van der Waals surface area contributed by atoms with Gasteiger partial charge in [0.1, 0.15) is 11.8 Å². The predicted molar refractivity (Wildman–Crippen MR) is 76.8 cm³/mol. The highest BCUT2D eigenvalue weighted by Crippen LogP contribution is 2.35. The van der Waals surface area contributed by atoms with Crippen molar-refractivity contribution in [1.29, 1.82) is 0 Å². The fourth-order valence-electron chi connectivity index (χ4n) is 2.40. The molecule has 1 aliphatic rings. The fraction of sp³-hybridized carbons (Fsp3) is 0.667. The number of carboxylic acid groups (broad SMARTS) is 1. The molecular formula is C15H23NO5. The lowest BCUT2D eigenvalue weighted by molar-refractivity contribution is -0.155. The number of ether oxygens (including phenoxy) is 1. The first-order valence-electron chi connectivity index (χ1n) is 7.24. The zero-order chi connectivity index (χ0) is 15.9. The molecule has 0 aliphatic heterocycles. The lowest BCUT2D eigenvalue weighted by Crippen LogP contribution is -2.38. The number of hydrogen-bond acceptors (Lipinski definition) is 5. The van der Waals surface area contributed by atoms with Crippen LogP contribution in [0.1, 0.15) is 39.5 Å². The third-order valence-electron chi connectivity index (χ3n) is 3.60. The maximum absolute atomic E-state index is 12.2. The number of carboxylic acids is 1. The minimum absolute atomic E-state index is 0.0254. The van der Waals surface area contributed by atoms with Crippen molar-refractivity contribution in [2.75, 3.05) is 13.2 Å². The smallest absolute Gasteiger partial charge is 0.320 e. The molecule has 21 heavy (non-hydrogen) atoms. The first-order chi connectivity index (χ1) is 9.91. The van der Waals surface area contributed by atoms with Crippen LogP contribution >= 0.6 is 0 Å². The normalized spacial score (nSPS) is 22.9. The molecule has 1 rings (SSSR count). The topological polar surface area (TPSA) is 92.7 Å². The summed E-state index contributed by atoms with van der Waals surface area (Å²) in [6.45, 7) is 4.04. The number of rotatable bonds is 8. The second kappa shape index (κ2) is 7.93. The van der Waals surface area contributed by atoms with E-state index in [-0.39, 0.29) is 24.8 Å². The molecule has 0 aromatic carbocycles. The van der Waals surface area contributed by atoms with E-state index in [0.717, 1.165) is 0 Å². The molecule has 0 saturated carbocycles. The van der Waals surface area contributed by atoms with Gasteiger partial charge in [-0.3, -0.25) is 14.4 Å². The SMILES string of the molecule is CCOC(=O)[C@]1(CCCN[C@@H](C)C(=O)O)C=CCC(=O)C1. The minimum Gasteiger partial charge on any atom is -0.480 e. The third-order valence-corrected chi connectivity index (χ3v) is 3.60. The number of nitrogens with one attached hydrogen (secondary N) is 1. The van der Waals surface area contributed by atoms with E-state index in [0.29, 0.717) is 25.8 Å². The summed E-state index contributed by atoms with van der Waals surface area (Å²) in [6, 6.07) is -0.632. The van der Waals surface area contributed by atoms with Gasteiger partial charge in [-0.2, -0.15) is 0 Å². The molecular weight excluding hydrogens is 274 g/mol. The van der Waals surface area contributed by atoms with Crippen LogP contribution in [0.2, 0.25) is 0 Å². The highest BCUT2D eigenvalue weighted by molar-refractivity contribution is 5.91. The lowest BCUT2D eigenvalue weighted by Gasteiger charge is -2.30. The summed E-state index contributed by atoms with van der Waals surface area (Å²) in [4.78, 5) is 34.5. The van der Waals surface area contributed by atoms with Crippen LogP contribution in [0, 0.1) is 5.41 Å². The fourth-order valence-corrected chi connectivity index (χ4v) is 2.40. The van der Waals surface area contributed by atoms with Crippen LogP contribution in [-0.4, -0.2) is 42.0 Å². The Labute approximate surface area is 124 Å². The van der Waals surface area contributed by atoms with Crippen molar-refractivity contribution in [3.05, 3.63) is 12.2 Å². The van der Waals surface area contributed by atoms with Gasteiger partial charge in [-0.05, 0) is 33.2 Å². The number of aliphatic carboxylic acids is 1. The van der Waals surface area contributed by atoms with Gasteiger partial charge in [0, 0.05) is 12.8 Å². The van der Waals surface area contributed by atoms with Crippen LogP contribution < -0.4 is 5.32 Å². The minimum atomic E-state index is -0.914. The van der Waals surface area contributed by atoms with E-state index >= 15 is 0 Å². The predicted octanol–water partition coefficient (Wildman–Crippen LogP) is 1.30. The number of carbonyl (C=O) groups excluding carboxylic acids is 2. The van der Waals surface area contributed by atoms with Crippen LogP contribution in [0.5, 0.6) is 0 Å². The average Bonchev–Trinajstić information content (AvgIpc) is 2.43. The molecule has 0 fully saturated rings. The number of allylic oxidation sites excluding steroid dienone is 1. The summed E-state index contributed by atoms with van der Waals surface area (Å²) < 4.78 is 5.09. The average molecular weight is 297 g/mol. The highest BCUT2D eigenvalue weighted by atomic mass is 16.5. The summed E-state index contributed by atoms with van der Waals surface area (Å²) >= 11 is 0. The zero-order valence-electron chi connectivity index (χ0n) is 12.6. The maximum atomic E-state index is 12.2. The number of carbonyl (C=O) groups is 3. The molecule has 0 radical (unpaired) electrons. The van der Waals surface area contributed by atoms with E-state index in [9.17, 15) is 14.4 Å². The van der Waals surface area contributed by atoms with E-state index in [2.05, 4.69) is 5.32 Å². The molecule has 6 nitrogen and oxygen atoms in total. The van der Waals surface area contributed by atoms with Crippen LogP contribution in [-0.2, 0) is 19.1 Å². The van der Waals surface area contributed by atoms with Crippen LogP contribution in [0.4, 0.5) is 0 Å². The Morgan fingerprint density at radius 1 is 1.52 bits per heavy atom. The third kappa shape index (κ3) is 4.97. The summed E-state index contributed by atoms with van der Waals surface area (Å²) in [7, 11) is 0. The number of esters is 1. The second-order valence-electron chi connectivity index (χ2n) is 5.32. The van der Waals surface area contributed by atoms with Gasteiger partial charge in [0.2, 0.25) is 0 Å². The Bertz CT molecular complexity index is 432. The van der Waals surface area contributed by atoms with Crippen molar-refractivity contribution in [3.63, 3.8) is 0 Å². The van der Waals surface area contributed by atoms with Crippen molar-refractivity contribution in [2.24, 2.45) is 5.41 Å². The molecule has 1 aliphatic carbocycles. The first-order valence-corrected chi connectivity index (χ1v) is 7.24. The number of hydrogen-bond donors (Lipinski definition) is 2. The second-order valence-corrected chi connectivity index (χ2v) is 5.32. The van der Waals surface area contributed by atoms with Crippen molar-refractivity contribution in [2.45, 2.75) is 45.6 Å². The van der Waals surface area contributed by atoms with Gasteiger partial charge in [0.25, 0.3) is 0 Å². The lowest BCUT2D eigenvalue weighted by atomic mass is 9.75. The van der Waals surface area contributed by atoms with Gasteiger partial charge >= 0.3 is 11.9 Å². The van der Waals surface area contributed by atoms with Crippen LogP contribution in [0.15, 0.2) is 12.2 Å². The maximum Gasteiger partial charge on any atom is 0.320 e. The molecule has 6 heteroatoms. The first kappa shape index (κ1) is 17.4. The summed E-state index contributed by atoms with van der Waals surface area (Å²) in [5.41, 5.74) is -0.889. The summed E-state index contributed by atoms with van der Waals surface area (Å²) in [5.74, 6) is -1.26. The quantitative estimate of drug-likeness (QED) is 0.398. The number of Topliss-reactive ketones (excluding diaryl/α,β-unsaturated/α-hetero) is 1. The molecule has 0 bridgehead atoms. The summed E-state index contributed by atoms with van der Waals surface area (Å²) in [5, 5.41) is 11.6. The Hall–Kier alpha value is -1.69. The van der Waals surface area contributed by atoms with Gasteiger partial charge in [-0.1, -0.05) is 12.2 Å². The molecule has 118 valence electrons. The molecule has 0 heterocycles. The Morgan fingerprint density at radius 3 is 2.81 bits per heavy atom. The van der Waals surface area contributed by atoms with Gasteiger partial charge in [-0.15, -0.1) is 0 Å². The Kier molecular flexibility index (Phi) is 6.55. The Balaban J connectivity index is 2.60. The molecule has 0 amide bonds. The molecule has 2 atom stereocenters. The molecule has 2 N–H and O–H groups in total. The molecule has 0 unspecified atom stereocenters. The highest BCUT2D eigenvalue weighted by Gasteiger charge is 2.40. The van der Waals surface area contributed by atoms with Gasteiger partial charge in [0.05, 0.1) is 12.0 Å². The van der Waals surface area contributed by atoms with E-state index < -0.39 is 17.4 Å². The van der Waals surface area contributed by atoms with Crippen molar-refractivity contribution in [3.8, 4) is 0 Å². The monoisotopic (exact) mass is 297 g/mol. The largest absolute Gasteiger partial charge is 0.480 e. The van der Waals surface area contributed by atoms with Crippen molar-refractivity contribution >= 4 is 17.7 Å². The van der Waals surface area contributed by atoms with Crippen LogP contribution in [0.25, 0.3) is 0 Å². The van der Waals surface area contributed by atoms with Crippen molar-refractivity contribution < 1.29 is 24.2 Å². The number of ketones is 1. The standard InChI is InChI=1S/C15H23NO5/c1-3-21-14(20)15(7-4-6-12(17)10-15)8-5-9-16-11(2)13(18)19/h4,7,11,16H,3,5-6,8-10H2,1-2H3,(H,18,19)/t11-,15-/m0/s1. The molecule has 0 spiro atoms. The van der Waals surface area contributed by atoms with E-state index in [4.69, 9.17) is 9.84 Å². The van der Waals surface area contributed by atoms with E-state index in [1.54, 1.807) is 26.0 Å². The van der Waals surface area contributed by atoms with E-state index in [1.165, 1.54) is 0 Å². The molecule has 0 aromatic rings. The zero-order valence-corrected chi connectivity index (χ0v) is 12.6. The summed E-state index contributed by atoms with van der Waals surface area (Å²) in [6.07, 6.45) is 5.07. The molecule has 0 aromatic heterocycles. The van der Waals surface area contributed by atoms with Gasteiger partial charge in [0.15, 0.2) is 0 Å². The van der Waals surface area contributed by atoms with Gasteiger partial charge < -0.3 is 15.2 Å². The Morgan fingerprint density at radius 2 is 2.24 bits per heavy atom. The van der Waals surface area contributed by atoms with Crippen LogP contribution in [0.3, 0.4) is 0 Å².